The highest BCUT2D eigenvalue weighted by Gasteiger charge is 2.09. The van der Waals surface area contributed by atoms with Crippen LogP contribution in [0, 0.1) is 0 Å². The third-order valence-electron chi connectivity index (χ3n) is 3.62. The van der Waals surface area contributed by atoms with E-state index in [1.165, 1.54) is 17.4 Å². The van der Waals surface area contributed by atoms with Gasteiger partial charge in [-0.3, -0.25) is 4.79 Å². The SMILES string of the molecule is COc1ccc2cc(/C=C/C(=O)OCC(=O)c3cccs3)ccc2c1. The molecule has 0 bridgehead atoms. The van der Waals surface area contributed by atoms with E-state index in [-0.39, 0.29) is 12.4 Å². The van der Waals surface area contributed by atoms with Crippen LogP contribution in [0.1, 0.15) is 15.2 Å². The predicted molar refractivity (Wildman–Crippen MR) is 99.1 cm³/mol. The van der Waals surface area contributed by atoms with Gasteiger partial charge in [-0.1, -0.05) is 24.3 Å². The van der Waals surface area contributed by atoms with Crippen molar-refractivity contribution in [1.82, 2.24) is 0 Å². The summed E-state index contributed by atoms with van der Waals surface area (Å²) in [4.78, 5) is 24.1. The van der Waals surface area contributed by atoms with E-state index >= 15 is 0 Å². The largest absolute Gasteiger partial charge is 0.497 e. The van der Waals surface area contributed by atoms with Crippen molar-refractivity contribution in [3.63, 3.8) is 0 Å². The Balaban J connectivity index is 1.62. The zero-order valence-corrected chi connectivity index (χ0v) is 14.4. The molecule has 0 saturated heterocycles. The molecule has 25 heavy (non-hydrogen) atoms. The van der Waals surface area contributed by atoms with Crippen molar-refractivity contribution >= 4 is 39.9 Å². The molecule has 3 aromatic rings. The predicted octanol–water partition coefficient (Wildman–Crippen LogP) is 4.35. The van der Waals surface area contributed by atoms with Crippen LogP contribution in [0.3, 0.4) is 0 Å². The average molecular weight is 352 g/mol. The fraction of sp³-hybridized carbons (Fsp3) is 0.100. The van der Waals surface area contributed by atoms with Crippen LogP contribution in [0.4, 0.5) is 0 Å². The summed E-state index contributed by atoms with van der Waals surface area (Å²) in [5.41, 5.74) is 0.874. The van der Waals surface area contributed by atoms with Crippen molar-refractivity contribution in [2.24, 2.45) is 0 Å². The number of methoxy groups -OCH3 is 1. The number of esters is 1. The molecule has 0 spiro atoms. The molecule has 0 aliphatic heterocycles. The highest BCUT2D eigenvalue weighted by Crippen LogP contribution is 2.22. The van der Waals surface area contributed by atoms with Gasteiger partial charge in [-0.15, -0.1) is 11.3 Å². The average Bonchev–Trinajstić information content (AvgIpc) is 3.18. The molecule has 0 fully saturated rings. The van der Waals surface area contributed by atoms with E-state index in [2.05, 4.69) is 0 Å². The zero-order valence-electron chi connectivity index (χ0n) is 13.6. The molecule has 1 heterocycles. The number of carbonyl (C=O) groups is 2. The second kappa shape index (κ2) is 7.77. The Bertz CT molecular complexity index is 926. The number of carbonyl (C=O) groups excluding carboxylic acids is 2. The fourth-order valence-electron chi connectivity index (χ4n) is 2.33. The molecule has 5 heteroatoms. The van der Waals surface area contributed by atoms with Gasteiger partial charge in [-0.05, 0) is 52.1 Å². The summed E-state index contributed by atoms with van der Waals surface area (Å²) >= 11 is 1.33. The number of benzene rings is 2. The van der Waals surface area contributed by atoms with Gasteiger partial charge in [-0.2, -0.15) is 0 Å². The Morgan fingerprint density at radius 3 is 2.64 bits per heavy atom. The standard InChI is InChI=1S/C20H16O4S/c1-23-17-8-7-15-11-14(4-6-16(15)12-17)5-9-20(22)24-13-18(21)19-3-2-10-25-19/h2-12H,13H2,1H3/b9-5+. The van der Waals surface area contributed by atoms with Gasteiger partial charge in [0, 0.05) is 6.08 Å². The third-order valence-corrected chi connectivity index (χ3v) is 4.54. The number of thiophene rings is 1. The fourth-order valence-corrected chi connectivity index (χ4v) is 2.98. The number of ketones is 1. The van der Waals surface area contributed by atoms with Crippen molar-refractivity contribution in [3.05, 3.63) is 70.4 Å². The van der Waals surface area contributed by atoms with Crippen LogP contribution >= 0.6 is 11.3 Å². The molecule has 0 N–H and O–H groups in total. The quantitative estimate of drug-likeness (QED) is 0.376. The minimum Gasteiger partial charge on any atom is -0.497 e. The van der Waals surface area contributed by atoms with Crippen molar-refractivity contribution in [2.45, 2.75) is 0 Å². The minimum atomic E-state index is -0.542. The van der Waals surface area contributed by atoms with Crippen LogP contribution in [0.5, 0.6) is 5.75 Å². The Hall–Kier alpha value is -2.92. The molecule has 0 unspecified atom stereocenters. The van der Waals surface area contributed by atoms with Crippen molar-refractivity contribution in [3.8, 4) is 5.75 Å². The maximum Gasteiger partial charge on any atom is 0.331 e. The van der Waals surface area contributed by atoms with Crippen LogP contribution < -0.4 is 4.74 Å². The van der Waals surface area contributed by atoms with Crippen LogP contribution in [0.2, 0.25) is 0 Å². The Morgan fingerprint density at radius 1 is 1.08 bits per heavy atom. The number of rotatable bonds is 6. The molecular formula is C20H16O4S. The molecule has 4 nitrogen and oxygen atoms in total. The first kappa shape index (κ1) is 16.9. The van der Waals surface area contributed by atoms with Gasteiger partial charge in [0.1, 0.15) is 5.75 Å². The summed E-state index contributed by atoms with van der Waals surface area (Å²) in [5, 5.41) is 3.91. The molecule has 0 aliphatic rings. The lowest BCUT2D eigenvalue weighted by Crippen LogP contribution is -2.11. The normalized spacial score (nSPS) is 10.9. The molecule has 2 aromatic carbocycles. The summed E-state index contributed by atoms with van der Waals surface area (Å²) in [6, 6.07) is 15.1. The summed E-state index contributed by atoms with van der Waals surface area (Å²) in [6.07, 6.45) is 2.99. The molecule has 0 aliphatic carbocycles. The first-order valence-electron chi connectivity index (χ1n) is 7.65. The van der Waals surface area contributed by atoms with E-state index in [0.717, 1.165) is 22.1 Å². The summed E-state index contributed by atoms with van der Waals surface area (Å²) < 4.78 is 10.2. The lowest BCUT2D eigenvalue weighted by molar-refractivity contribution is -0.136. The Kier molecular flexibility index (Phi) is 5.26. The molecule has 1 aromatic heterocycles. The number of ether oxygens (including phenoxy) is 2. The summed E-state index contributed by atoms with van der Waals surface area (Å²) in [7, 11) is 1.63. The monoisotopic (exact) mass is 352 g/mol. The van der Waals surface area contributed by atoms with Crippen molar-refractivity contribution in [2.75, 3.05) is 13.7 Å². The van der Waals surface area contributed by atoms with E-state index in [9.17, 15) is 9.59 Å². The molecule has 0 amide bonds. The topological polar surface area (TPSA) is 52.6 Å². The van der Waals surface area contributed by atoms with Gasteiger partial charge in [0.05, 0.1) is 12.0 Å². The van der Waals surface area contributed by atoms with Gasteiger partial charge in [-0.25, -0.2) is 4.79 Å². The van der Waals surface area contributed by atoms with Crippen LogP contribution in [0.15, 0.2) is 60.0 Å². The number of hydrogen-bond acceptors (Lipinski definition) is 5. The number of hydrogen-bond donors (Lipinski definition) is 0. The van der Waals surface area contributed by atoms with E-state index in [1.54, 1.807) is 25.3 Å². The molecule has 126 valence electrons. The van der Waals surface area contributed by atoms with Gasteiger partial charge >= 0.3 is 5.97 Å². The van der Waals surface area contributed by atoms with Crippen LogP contribution in [-0.4, -0.2) is 25.5 Å². The summed E-state index contributed by atoms with van der Waals surface area (Å²) in [6.45, 7) is -0.249. The highest BCUT2D eigenvalue weighted by atomic mass is 32.1. The molecular weight excluding hydrogens is 336 g/mol. The van der Waals surface area contributed by atoms with Gasteiger partial charge in [0.25, 0.3) is 0 Å². The van der Waals surface area contributed by atoms with E-state index < -0.39 is 5.97 Å². The van der Waals surface area contributed by atoms with E-state index in [1.807, 2.05) is 41.8 Å². The van der Waals surface area contributed by atoms with Crippen molar-refractivity contribution in [1.29, 1.82) is 0 Å². The zero-order chi connectivity index (χ0) is 17.6. The second-order valence-corrected chi connectivity index (χ2v) is 6.26. The van der Waals surface area contributed by atoms with Crippen LogP contribution in [-0.2, 0) is 9.53 Å². The lowest BCUT2D eigenvalue weighted by atomic mass is 10.1. The van der Waals surface area contributed by atoms with Gasteiger partial charge in [0.15, 0.2) is 6.61 Å². The maximum absolute atomic E-state index is 11.8. The molecule has 0 saturated carbocycles. The van der Waals surface area contributed by atoms with Gasteiger partial charge in [0.2, 0.25) is 5.78 Å². The second-order valence-electron chi connectivity index (χ2n) is 5.31. The smallest absolute Gasteiger partial charge is 0.331 e. The van der Waals surface area contributed by atoms with Gasteiger partial charge < -0.3 is 9.47 Å². The van der Waals surface area contributed by atoms with Crippen molar-refractivity contribution < 1.29 is 19.1 Å². The van der Waals surface area contributed by atoms with Crippen LogP contribution in [0.25, 0.3) is 16.8 Å². The Morgan fingerprint density at radius 2 is 1.88 bits per heavy atom. The van der Waals surface area contributed by atoms with E-state index in [4.69, 9.17) is 9.47 Å². The molecule has 3 rings (SSSR count). The highest BCUT2D eigenvalue weighted by molar-refractivity contribution is 7.12. The third kappa shape index (κ3) is 4.33. The number of fused-ring (bicyclic) bond motifs is 1. The molecule has 0 atom stereocenters. The maximum atomic E-state index is 11.8. The minimum absolute atomic E-state index is 0.198. The lowest BCUT2D eigenvalue weighted by Gasteiger charge is -2.03. The summed E-state index contributed by atoms with van der Waals surface area (Å²) in [5.74, 6) is 0.0610. The molecule has 0 radical (unpaired) electrons. The first-order valence-corrected chi connectivity index (χ1v) is 8.53. The van der Waals surface area contributed by atoms with E-state index in [0.29, 0.717) is 4.88 Å². The Labute approximate surface area is 149 Å². The first-order chi connectivity index (χ1) is 12.2. The number of Topliss-reactive ketones (excluding diaryl/α,β-unsaturated/α-hetero) is 1.